The fourth-order valence-electron chi connectivity index (χ4n) is 1.53. The van der Waals surface area contributed by atoms with Gasteiger partial charge in [0, 0.05) is 12.7 Å². The summed E-state index contributed by atoms with van der Waals surface area (Å²) in [7, 11) is 0. The maximum absolute atomic E-state index is 11.9. The van der Waals surface area contributed by atoms with Crippen LogP contribution in [0.2, 0.25) is 0 Å². The summed E-state index contributed by atoms with van der Waals surface area (Å²) in [5.41, 5.74) is 5.94. The van der Waals surface area contributed by atoms with Crippen LogP contribution in [-0.4, -0.2) is 21.1 Å². The van der Waals surface area contributed by atoms with Crippen LogP contribution in [0, 0.1) is 0 Å². The first-order valence-electron chi connectivity index (χ1n) is 5.03. The third-order valence-corrected chi connectivity index (χ3v) is 2.63. The fourth-order valence-corrected chi connectivity index (χ4v) is 1.53. The van der Waals surface area contributed by atoms with Crippen molar-refractivity contribution in [2.75, 3.05) is 0 Å². The minimum Gasteiger partial charge on any atom is -0.319 e. The Morgan fingerprint density at radius 1 is 1.71 bits per heavy atom. The van der Waals surface area contributed by atoms with Gasteiger partial charge in [-0.25, -0.2) is 0 Å². The van der Waals surface area contributed by atoms with Gasteiger partial charge in [-0.05, 0) is 25.3 Å². The number of carbonyl (C=O) groups is 1. The normalized spacial score (nSPS) is 18.1. The zero-order valence-electron chi connectivity index (χ0n) is 8.36. The second-order valence-corrected chi connectivity index (χ2v) is 3.92. The Bertz CT molecular complexity index is 352. The summed E-state index contributed by atoms with van der Waals surface area (Å²) in [5.74, 6) is 0.0449. The van der Waals surface area contributed by atoms with Crippen LogP contribution < -0.4 is 5.73 Å². The molecule has 0 unspecified atom stereocenters. The molecular weight excluding hydrogens is 178 g/mol. The Morgan fingerprint density at radius 3 is 3.00 bits per heavy atom. The van der Waals surface area contributed by atoms with Gasteiger partial charge in [0.1, 0.15) is 5.69 Å². The molecule has 0 aromatic carbocycles. The lowest BCUT2D eigenvalue weighted by molar-refractivity contribution is 0.0938. The van der Waals surface area contributed by atoms with Gasteiger partial charge in [-0.2, -0.15) is 5.10 Å². The molecule has 0 aliphatic heterocycles. The molecule has 76 valence electrons. The molecule has 1 aromatic rings. The Balaban J connectivity index is 2.22. The molecule has 4 heteroatoms. The van der Waals surface area contributed by atoms with E-state index in [0.717, 1.165) is 25.8 Å². The second-order valence-electron chi connectivity index (χ2n) is 3.92. The van der Waals surface area contributed by atoms with E-state index in [2.05, 4.69) is 12.0 Å². The number of Topliss-reactive ketones (excluding diaryl/α,β-unsaturated/α-hetero) is 1. The fraction of sp³-hybridized carbons (Fsp3) is 0.600. The van der Waals surface area contributed by atoms with Gasteiger partial charge in [-0.1, -0.05) is 6.92 Å². The quantitative estimate of drug-likeness (QED) is 0.725. The van der Waals surface area contributed by atoms with E-state index < -0.39 is 5.54 Å². The van der Waals surface area contributed by atoms with Crippen molar-refractivity contribution in [3.8, 4) is 0 Å². The maximum Gasteiger partial charge on any atom is 0.200 e. The van der Waals surface area contributed by atoms with Crippen LogP contribution in [0.25, 0.3) is 0 Å². The number of aromatic nitrogens is 2. The summed E-state index contributed by atoms with van der Waals surface area (Å²) >= 11 is 0. The molecule has 0 bridgehead atoms. The van der Waals surface area contributed by atoms with Crippen LogP contribution in [0.3, 0.4) is 0 Å². The Hall–Kier alpha value is -1.16. The number of rotatable bonds is 4. The molecule has 2 N–H and O–H groups in total. The van der Waals surface area contributed by atoms with Crippen molar-refractivity contribution in [3.05, 3.63) is 18.0 Å². The first kappa shape index (κ1) is 9.40. The lowest BCUT2D eigenvalue weighted by Gasteiger charge is -2.09. The molecule has 0 saturated heterocycles. The molecule has 2 rings (SSSR count). The highest BCUT2D eigenvalue weighted by Gasteiger charge is 2.47. The van der Waals surface area contributed by atoms with Gasteiger partial charge in [0.25, 0.3) is 0 Å². The first-order chi connectivity index (χ1) is 6.67. The summed E-state index contributed by atoms with van der Waals surface area (Å²) in [5, 5.41) is 4.11. The van der Waals surface area contributed by atoms with E-state index in [-0.39, 0.29) is 5.78 Å². The van der Waals surface area contributed by atoms with Gasteiger partial charge < -0.3 is 5.73 Å². The largest absolute Gasteiger partial charge is 0.319 e. The molecule has 1 aliphatic carbocycles. The van der Waals surface area contributed by atoms with E-state index >= 15 is 0 Å². The molecule has 1 saturated carbocycles. The van der Waals surface area contributed by atoms with Crippen LogP contribution in [0.1, 0.15) is 36.7 Å². The third kappa shape index (κ3) is 1.46. The van der Waals surface area contributed by atoms with Gasteiger partial charge in [0.2, 0.25) is 5.78 Å². The molecule has 1 aliphatic rings. The predicted molar refractivity (Wildman–Crippen MR) is 53.0 cm³/mol. The van der Waals surface area contributed by atoms with Crippen LogP contribution in [0.15, 0.2) is 12.3 Å². The Kier molecular flexibility index (Phi) is 2.15. The summed E-state index contributed by atoms with van der Waals surface area (Å²) < 4.78 is 1.75. The molecule has 1 heterocycles. The van der Waals surface area contributed by atoms with Crippen molar-refractivity contribution < 1.29 is 4.79 Å². The number of nitrogens with zero attached hydrogens (tertiary/aromatic N) is 2. The van der Waals surface area contributed by atoms with E-state index in [4.69, 9.17) is 5.73 Å². The van der Waals surface area contributed by atoms with Gasteiger partial charge >= 0.3 is 0 Å². The minimum atomic E-state index is -0.578. The lowest BCUT2D eigenvalue weighted by Crippen LogP contribution is -2.34. The van der Waals surface area contributed by atoms with Crippen LogP contribution in [-0.2, 0) is 6.54 Å². The molecule has 1 aromatic heterocycles. The van der Waals surface area contributed by atoms with Crippen molar-refractivity contribution in [3.63, 3.8) is 0 Å². The first-order valence-corrected chi connectivity index (χ1v) is 5.03. The number of nitrogens with two attached hydrogens (primary N) is 1. The van der Waals surface area contributed by atoms with Crippen LogP contribution in [0.4, 0.5) is 0 Å². The van der Waals surface area contributed by atoms with Gasteiger partial charge in [0.05, 0.1) is 5.54 Å². The molecule has 1 fully saturated rings. The van der Waals surface area contributed by atoms with Crippen molar-refractivity contribution in [2.24, 2.45) is 5.73 Å². The molecule has 4 nitrogen and oxygen atoms in total. The average Bonchev–Trinajstić information content (AvgIpc) is 2.76. The SMILES string of the molecule is CCCn1nccc1C(=O)C1(N)CC1. The molecular formula is C10H15N3O. The third-order valence-electron chi connectivity index (χ3n) is 2.63. The molecule has 0 amide bonds. The maximum atomic E-state index is 11.9. The van der Waals surface area contributed by atoms with E-state index in [9.17, 15) is 4.79 Å². The van der Waals surface area contributed by atoms with Crippen LogP contribution in [0.5, 0.6) is 0 Å². The summed E-state index contributed by atoms with van der Waals surface area (Å²) in [6, 6.07) is 1.75. The molecule has 0 spiro atoms. The monoisotopic (exact) mass is 193 g/mol. The predicted octanol–water partition coefficient (Wildman–Crippen LogP) is 0.967. The van der Waals surface area contributed by atoms with Crippen molar-refractivity contribution in [1.82, 2.24) is 9.78 Å². The van der Waals surface area contributed by atoms with Crippen molar-refractivity contribution in [1.29, 1.82) is 0 Å². The van der Waals surface area contributed by atoms with Crippen molar-refractivity contribution >= 4 is 5.78 Å². The molecule has 0 atom stereocenters. The highest BCUT2D eigenvalue weighted by molar-refractivity contribution is 6.03. The number of hydrogen-bond donors (Lipinski definition) is 1. The van der Waals surface area contributed by atoms with Gasteiger partial charge in [-0.15, -0.1) is 0 Å². The summed E-state index contributed by atoms with van der Waals surface area (Å²) in [6.45, 7) is 2.84. The summed E-state index contributed by atoms with van der Waals surface area (Å²) in [6.07, 6.45) is 4.25. The number of carbonyl (C=O) groups excluding carboxylic acids is 1. The molecule has 14 heavy (non-hydrogen) atoms. The van der Waals surface area contributed by atoms with Gasteiger partial charge in [-0.3, -0.25) is 9.48 Å². The topological polar surface area (TPSA) is 60.9 Å². The highest BCUT2D eigenvalue weighted by Crippen LogP contribution is 2.35. The molecule has 0 radical (unpaired) electrons. The summed E-state index contributed by atoms with van der Waals surface area (Å²) in [4.78, 5) is 11.9. The van der Waals surface area contributed by atoms with Crippen molar-refractivity contribution in [2.45, 2.75) is 38.3 Å². The van der Waals surface area contributed by atoms with E-state index in [0.29, 0.717) is 5.69 Å². The minimum absolute atomic E-state index is 0.0449. The number of hydrogen-bond acceptors (Lipinski definition) is 3. The van der Waals surface area contributed by atoms with E-state index in [1.165, 1.54) is 0 Å². The zero-order chi connectivity index (χ0) is 10.2. The van der Waals surface area contributed by atoms with Crippen LogP contribution >= 0.6 is 0 Å². The average molecular weight is 193 g/mol. The highest BCUT2D eigenvalue weighted by atomic mass is 16.1. The Morgan fingerprint density at radius 2 is 2.43 bits per heavy atom. The van der Waals surface area contributed by atoms with Gasteiger partial charge in [0.15, 0.2) is 0 Å². The number of ketones is 1. The number of aryl methyl sites for hydroxylation is 1. The van der Waals surface area contributed by atoms with E-state index in [1.54, 1.807) is 16.9 Å². The second kappa shape index (κ2) is 3.20. The van der Waals surface area contributed by atoms with E-state index in [1.807, 2.05) is 0 Å². The Labute approximate surface area is 83.1 Å². The zero-order valence-corrected chi connectivity index (χ0v) is 8.36. The smallest absolute Gasteiger partial charge is 0.200 e. The lowest BCUT2D eigenvalue weighted by atomic mass is 10.1. The standard InChI is InChI=1S/C10H15N3O/c1-2-7-13-8(3-6-12-13)9(14)10(11)4-5-10/h3,6H,2,4-5,7,11H2,1H3.